The number of rotatable bonds is 6. The second-order valence-electron chi connectivity index (χ2n) is 4.08. The number of likely N-dealkylation sites (N-methyl/N-ethyl adjacent to an activating group) is 1. The monoisotopic (exact) mass is 334 g/mol. The Balaban J connectivity index is 2.70. The summed E-state index contributed by atoms with van der Waals surface area (Å²) < 4.78 is 30.9. The average molecular weight is 335 g/mol. The molecule has 1 aromatic rings. The second kappa shape index (κ2) is 7.39. The molecule has 1 rings (SSSR count). The van der Waals surface area contributed by atoms with E-state index in [1.54, 1.807) is 0 Å². The lowest BCUT2D eigenvalue weighted by molar-refractivity contribution is -0.149. The van der Waals surface area contributed by atoms with E-state index in [-0.39, 0.29) is 9.92 Å². The Morgan fingerprint density at radius 3 is 2.62 bits per heavy atom. The standard InChI is InChI=1S/C12H15ClN2O5S/c1-8(12(17)20-7-11(16)14-2)15-21(18,19)10-5-3-4-9(13)6-10/h3-6,8,15H,7H2,1-2H3,(H,14,16)/t8-/m0/s1. The Morgan fingerprint density at radius 1 is 1.38 bits per heavy atom. The first-order valence-electron chi connectivity index (χ1n) is 5.91. The average Bonchev–Trinajstić information content (AvgIpc) is 2.43. The number of carbonyl (C=O) groups is 2. The van der Waals surface area contributed by atoms with Gasteiger partial charge in [0.15, 0.2) is 6.61 Å². The van der Waals surface area contributed by atoms with Crippen LogP contribution in [0, 0.1) is 0 Å². The molecule has 2 N–H and O–H groups in total. The molecule has 0 saturated heterocycles. The van der Waals surface area contributed by atoms with Crippen LogP contribution < -0.4 is 10.0 Å². The molecule has 21 heavy (non-hydrogen) atoms. The molecule has 116 valence electrons. The molecule has 1 atom stereocenters. The maximum atomic E-state index is 12.0. The molecule has 7 nitrogen and oxygen atoms in total. The highest BCUT2D eigenvalue weighted by molar-refractivity contribution is 7.89. The van der Waals surface area contributed by atoms with Gasteiger partial charge in [0.2, 0.25) is 10.0 Å². The van der Waals surface area contributed by atoms with E-state index in [1.807, 2.05) is 0 Å². The van der Waals surface area contributed by atoms with Crippen molar-refractivity contribution in [3.05, 3.63) is 29.3 Å². The minimum Gasteiger partial charge on any atom is -0.454 e. The van der Waals surface area contributed by atoms with Crippen LogP contribution in [-0.4, -0.2) is 40.0 Å². The van der Waals surface area contributed by atoms with Gasteiger partial charge < -0.3 is 10.1 Å². The van der Waals surface area contributed by atoms with Crippen LogP contribution in [0.15, 0.2) is 29.2 Å². The van der Waals surface area contributed by atoms with Gasteiger partial charge >= 0.3 is 5.97 Å². The second-order valence-corrected chi connectivity index (χ2v) is 6.23. The van der Waals surface area contributed by atoms with Gasteiger partial charge in [-0.1, -0.05) is 17.7 Å². The Labute approximate surface area is 127 Å². The van der Waals surface area contributed by atoms with Gasteiger partial charge in [0, 0.05) is 12.1 Å². The predicted octanol–water partition coefficient (Wildman–Crippen LogP) is 0.296. The number of hydrogen-bond donors (Lipinski definition) is 2. The lowest BCUT2D eigenvalue weighted by Gasteiger charge is -2.13. The molecule has 9 heteroatoms. The van der Waals surface area contributed by atoms with E-state index in [2.05, 4.69) is 14.8 Å². The third-order valence-corrected chi connectivity index (χ3v) is 4.19. The van der Waals surface area contributed by atoms with Crippen LogP contribution in [-0.2, 0) is 24.3 Å². The van der Waals surface area contributed by atoms with E-state index in [0.717, 1.165) is 0 Å². The topological polar surface area (TPSA) is 102 Å². The summed E-state index contributed by atoms with van der Waals surface area (Å²) in [5.41, 5.74) is 0. The summed E-state index contributed by atoms with van der Waals surface area (Å²) in [7, 11) is -2.52. The van der Waals surface area contributed by atoms with Crippen LogP contribution in [0.25, 0.3) is 0 Å². The van der Waals surface area contributed by atoms with E-state index in [0.29, 0.717) is 0 Å². The van der Waals surface area contributed by atoms with Crippen molar-refractivity contribution < 1.29 is 22.7 Å². The molecule has 0 aliphatic rings. The first kappa shape index (κ1) is 17.4. The van der Waals surface area contributed by atoms with Gasteiger partial charge in [-0.3, -0.25) is 9.59 Å². The zero-order chi connectivity index (χ0) is 16.0. The predicted molar refractivity (Wildman–Crippen MR) is 76.3 cm³/mol. The number of ether oxygens (including phenoxy) is 1. The molecule has 0 saturated carbocycles. The fourth-order valence-corrected chi connectivity index (χ4v) is 2.81. The number of halogens is 1. The van der Waals surface area contributed by atoms with Crippen LogP contribution in [0.3, 0.4) is 0 Å². The highest BCUT2D eigenvalue weighted by Gasteiger charge is 2.23. The summed E-state index contributed by atoms with van der Waals surface area (Å²) >= 11 is 5.72. The molecule has 0 radical (unpaired) electrons. The number of esters is 1. The summed E-state index contributed by atoms with van der Waals surface area (Å²) in [5.74, 6) is -1.35. The van der Waals surface area contributed by atoms with Crippen molar-refractivity contribution in [2.24, 2.45) is 0 Å². The Hall–Kier alpha value is -1.64. The molecule has 0 unspecified atom stereocenters. The van der Waals surface area contributed by atoms with Crippen molar-refractivity contribution in [3.63, 3.8) is 0 Å². The molecular weight excluding hydrogens is 320 g/mol. The molecule has 0 spiro atoms. The third-order valence-electron chi connectivity index (χ3n) is 2.42. The van der Waals surface area contributed by atoms with E-state index in [9.17, 15) is 18.0 Å². The Kier molecular flexibility index (Phi) is 6.13. The van der Waals surface area contributed by atoms with Crippen molar-refractivity contribution >= 4 is 33.5 Å². The summed E-state index contributed by atoms with van der Waals surface area (Å²) in [6.45, 7) is 0.840. The lowest BCUT2D eigenvalue weighted by Crippen LogP contribution is -2.40. The number of nitrogens with one attached hydrogen (secondary N) is 2. The van der Waals surface area contributed by atoms with Crippen molar-refractivity contribution in [1.82, 2.24) is 10.0 Å². The normalized spacial score (nSPS) is 12.5. The van der Waals surface area contributed by atoms with Crippen molar-refractivity contribution in [2.75, 3.05) is 13.7 Å². The smallest absolute Gasteiger partial charge is 0.324 e. The number of hydrogen-bond acceptors (Lipinski definition) is 5. The van der Waals surface area contributed by atoms with E-state index < -0.39 is 34.5 Å². The highest BCUT2D eigenvalue weighted by Crippen LogP contribution is 2.15. The fraction of sp³-hybridized carbons (Fsp3) is 0.333. The summed E-state index contributed by atoms with van der Waals surface area (Å²) in [6, 6.07) is 4.47. The van der Waals surface area contributed by atoms with Crippen LogP contribution >= 0.6 is 11.6 Å². The largest absolute Gasteiger partial charge is 0.454 e. The zero-order valence-corrected chi connectivity index (χ0v) is 13.0. The maximum Gasteiger partial charge on any atom is 0.324 e. The molecule has 0 aliphatic carbocycles. The zero-order valence-electron chi connectivity index (χ0n) is 11.4. The Bertz CT molecular complexity index is 632. The van der Waals surface area contributed by atoms with Crippen LogP contribution in [0.4, 0.5) is 0 Å². The molecule has 0 aliphatic heterocycles. The van der Waals surface area contributed by atoms with Gasteiger partial charge in [-0.25, -0.2) is 8.42 Å². The molecule has 0 fully saturated rings. The first-order valence-corrected chi connectivity index (χ1v) is 7.77. The fourth-order valence-electron chi connectivity index (χ4n) is 1.32. The summed E-state index contributed by atoms with van der Waals surface area (Å²) in [4.78, 5) is 22.5. The SMILES string of the molecule is CNC(=O)COC(=O)[C@H](C)NS(=O)(=O)c1cccc(Cl)c1. The molecule has 0 bridgehead atoms. The quantitative estimate of drug-likeness (QED) is 0.728. The van der Waals surface area contributed by atoms with Crippen molar-refractivity contribution in [2.45, 2.75) is 17.9 Å². The van der Waals surface area contributed by atoms with Gasteiger partial charge in [-0.15, -0.1) is 0 Å². The minimum atomic E-state index is -3.91. The van der Waals surface area contributed by atoms with Crippen LogP contribution in [0.2, 0.25) is 5.02 Å². The first-order chi connectivity index (χ1) is 9.76. The van der Waals surface area contributed by atoms with Gasteiger partial charge in [0.1, 0.15) is 6.04 Å². The van der Waals surface area contributed by atoms with Crippen molar-refractivity contribution in [1.29, 1.82) is 0 Å². The number of amides is 1. The van der Waals surface area contributed by atoms with Gasteiger partial charge in [0.05, 0.1) is 4.90 Å². The number of sulfonamides is 1. The summed E-state index contributed by atoms with van der Waals surface area (Å²) in [5, 5.41) is 2.53. The molecule has 0 heterocycles. The minimum absolute atomic E-state index is 0.0686. The summed E-state index contributed by atoms with van der Waals surface area (Å²) in [6.07, 6.45) is 0. The third kappa shape index (κ3) is 5.33. The van der Waals surface area contributed by atoms with E-state index in [4.69, 9.17) is 11.6 Å². The van der Waals surface area contributed by atoms with Crippen LogP contribution in [0.5, 0.6) is 0 Å². The van der Waals surface area contributed by atoms with Crippen molar-refractivity contribution in [3.8, 4) is 0 Å². The van der Waals surface area contributed by atoms with E-state index >= 15 is 0 Å². The lowest BCUT2D eigenvalue weighted by atomic mass is 10.4. The number of carbonyl (C=O) groups excluding carboxylic acids is 2. The van der Waals surface area contributed by atoms with Gasteiger partial charge in [0.25, 0.3) is 5.91 Å². The molecular formula is C12H15ClN2O5S. The molecule has 1 amide bonds. The number of benzene rings is 1. The van der Waals surface area contributed by atoms with Gasteiger partial charge in [-0.2, -0.15) is 4.72 Å². The van der Waals surface area contributed by atoms with Crippen LogP contribution in [0.1, 0.15) is 6.92 Å². The van der Waals surface area contributed by atoms with Gasteiger partial charge in [-0.05, 0) is 25.1 Å². The van der Waals surface area contributed by atoms with E-state index in [1.165, 1.54) is 38.2 Å². The maximum absolute atomic E-state index is 12.0. The molecule has 1 aromatic carbocycles. The highest BCUT2D eigenvalue weighted by atomic mass is 35.5. The molecule has 0 aromatic heterocycles. The Morgan fingerprint density at radius 2 is 2.05 bits per heavy atom.